The van der Waals surface area contributed by atoms with Crippen molar-refractivity contribution < 1.29 is 14.3 Å². The van der Waals surface area contributed by atoms with Gasteiger partial charge in [-0.05, 0) is 36.5 Å². The van der Waals surface area contributed by atoms with Crippen LogP contribution in [0.15, 0.2) is 64.5 Å². The molecule has 0 saturated heterocycles. The number of aromatic hydroxyl groups is 1. The minimum absolute atomic E-state index is 0.0424. The summed E-state index contributed by atoms with van der Waals surface area (Å²) in [6.45, 7) is 0. The Balaban J connectivity index is 1.96. The van der Waals surface area contributed by atoms with E-state index < -0.39 is 23.2 Å². The normalized spacial score (nSPS) is 10.9. The van der Waals surface area contributed by atoms with Crippen LogP contribution in [0.3, 0.4) is 0 Å². The molecule has 9 heteroatoms. The van der Waals surface area contributed by atoms with Gasteiger partial charge in [-0.15, -0.1) is 0 Å². The largest absolute Gasteiger partial charge is 0.494 e. The first-order chi connectivity index (χ1) is 13.0. The maximum Gasteiger partial charge on any atom is 0.271 e. The highest BCUT2D eigenvalue weighted by atomic mass is 32.1. The van der Waals surface area contributed by atoms with Crippen LogP contribution in [0.2, 0.25) is 0 Å². The fraction of sp³-hybridized carbons (Fsp3) is 0. The lowest BCUT2D eigenvalue weighted by molar-refractivity contribution is 0.0955. The fourth-order valence-corrected chi connectivity index (χ4v) is 2.60. The van der Waals surface area contributed by atoms with Gasteiger partial charge in [0.25, 0.3) is 11.5 Å². The molecule has 0 aliphatic carbocycles. The van der Waals surface area contributed by atoms with E-state index in [1.54, 1.807) is 36.4 Å². The van der Waals surface area contributed by atoms with E-state index in [4.69, 9.17) is 12.2 Å². The molecule has 0 atom stereocenters. The third-order valence-electron chi connectivity index (χ3n) is 3.61. The van der Waals surface area contributed by atoms with Crippen LogP contribution < -0.4 is 11.0 Å². The summed E-state index contributed by atoms with van der Waals surface area (Å²) < 4.78 is 14.8. The molecule has 2 aromatic carbocycles. The third kappa shape index (κ3) is 3.82. The number of benzene rings is 2. The number of nitrogens with zero attached hydrogens (tertiary/aromatic N) is 2. The zero-order valence-corrected chi connectivity index (χ0v) is 14.5. The molecule has 0 fully saturated rings. The number of rotatable bonds is 4. The van der Waals surface area contributed by atoms with Crippen molar-refractivity contribution in [3.05, 3.63) is 86.7 Å². The molecule has 0 bridgehead atoms. The molecule has 0 aliphatic rings. The predicted octanol–water partition coefficient (Wildman–Crippen LogP) is 2.50. The molecule has 136 valence electrons. The first-order valence-electron chi connectivity index (χ1n) is 7.70. The number of amides is 1. The Bertz CT molecular complexity index is 1140. The lowest BCUT2D eigenvalue weighted by atomic mass is 10.2. The minimum atomic E-state index is -0.734. The van der Waals surface area contributed by atoms with E-state index in [0.29, 0.717) is 5.56 Å². The second kappa shape index (κ2) is 7.75. The van der Waals surface area contributed by atoms with Gasteiger partial charge in [-0.3, -0.25) is 19.1 Å². The smallest absolute Gasteiger partial charge is 0.271 e. The number of para-hydroxylation sites is 1. The molecule has 3 rings (SSSR count). The molecule has 0 spiro atoms. The Hall–Kier alpha value is -3.59. The summed E-state index contributed by atoms with van der Waals surface area (Å²) in [6.07, 6.45) is 0.959. The Kier molecular flexibility index (Phi) is 5.23. The lowest BCUT2D eigenvalue weighted by Gasteiger charge is -2.11. The van der Waals surface area contributed by atoms with Crippen LogP contribution in [0.5, 0.6) is 5.88 Å². The van der Waals surface area contributed by atoms with Crippen molar-refractivity contribution in [1.29, 1.82) is 0 Å². The number of H-pyrrole nitrogens is 1. The highest BCUT2D eigenvalue weighted by Crippen LogP contribution is 2.20. The van der Waals surface area contributed by atoms with Crippen LogP contribution in [0.25, 0.3) is 5.69 Å². The molecule has 27 heavy (non-hydrogen) atoms. The van der Waals surface area contributed by atoms with Gasteiger partial charge in [0, 0.05) is 5.56 Å². The standard InChI is InChI=1S/C18H13FN4O3S/c19-13-8-4-5-9-14(13)23-17(26)12(16(25)21-18(23)27)10-20-22-15(24)11-6-2-1-3-7-11/h1-10,26H,(H,22,24)(H,21,25,27)/b20-10+. The van der Waals surface area contributed by atoms with Gasteiger partial charge in [0.1, 0.15) is 11.4 Å². The Labute approximate surface area is 157 Å². The average Bonchev–Trinajstić information content (AvgIpc) is 2.66. The first kappa shape index (κ1) is 18.2. The number of hydrazone groups is 1. The van der Waals surface area contributed by atoms with Crippen LogP contribution in [-0.2, 0) is 0 Å². The molecular weight excluding hydrogens is 371 g/mol. The summed E-state index contributed by atoms with van der Waals surface area (Å²) >= 11 is 5.01. The van der Waals surface area contributed by atoms with E-state index in [2.05, 4.69) is 15.5 Å². The van der Waals surface area contributed by atoms with E-state index in [-0.39, 0.29) is 16.0 Å². The number of carbonyl (C=O) groups excluding carboxylic acids is 1. The van der Waals surface area contributed by atoms with Gasteiger partial charge in [0.15, 0.2) is 4.77 Å². The molecule has 1 aromatic heterocycles. The van der Waals surface area contributed by atoms with Crippen LogP contribution in [-0.4, -0.2) is 26.8 Å². The molecule has 0 radical (unpaired) electrons. The van der Waals surface area contributed by atoms with Crippen molar-refractivity contribution in [2.24, 2.45) is 5.10 Å². The van der Waals surface area contributed by atoms with Gasteiger partial charge in [0.05, 0.1) is 11.9 Å². The van der Waals surface area contributed by atoms with Gasteiger partial charge in [-0.1, -0.05) is 30.3 Å². The molecule has 3 aromatic rings. The molecule has 0 saturated carbocycles. The van der Waals surface area contributed by atoms with Gasteiger partial charge >= 0.3 is 0 Å². The molecule has 3 N–H and O–H groups in total. The number of hydrogen-bond acceptors (Lipinski definition) is 5. The fourth-order valence-electron chi connectivity index (χ4n) is 2.32. The Morgan fingerprint density at radius 2 is 1.85 bits per heavy atom. The number of aromatic amines is 1. The monoisotopic (exact) mass is 384 g/mol. The van der Waals surface area contributed by atoms with Gasteiger partial charge < -0.3 is 5.11 Å². The number of halogens is 1. The highest BCUT2D eigenvalue weighted by molar-refractivity contribution is 7.71. The maximum absolute atomic E-state index is 14.1. The Morgan fingerprint density at radius 3 is 2.56 bits per heavy atom. The number of carbonyl (C=O) groups is 1. The Morgan fingerprint density at radius 1 is 1.19 bits per heavy atom. The molecule has 0 unspecified atom stereocenters. The molecule has 1 heterocycles. The van der Waals surface area contributed by atoms with Gasteiger partial charge in [-0.2, -0.15) is 5.10 Å². The zero-order valence-electron chi connectivity index (χ0n) is 13.7. The van der Waals surface area contributed by atoms with Crippen LogP contribution in [0.4, 0.5) is 4.39 Å². The van der Waals surface area contributed by atoms with Crippen LogP contribution >= 0.6 is 12.2 Å². The lowest BCUT2D eigenvalue weighted by Crippen LogP contribution is -2.21. The zero-order chi connectivity index (χ0) is 19.4. The minimum Gasteiger partial charge on any atom is -0.494 e. The number of aromatic nitrogens is 2. The summed E-state index contributed by atoms with van der Waals surface area (Å²) in [4.78, 5) is 26.4. The average molecular weight is 384 g/mol. The molecular formula is C18H13FN4O3S. The van der Waals surface area contributed by atoms with Gasteiger partial charge in [0.2, 0.25) is 5.88 Å². The van der Waals surface area contributed by atoms with E-state index in [1.807, 2.05) is 0 Å². The highest BCUT2D eigenvalue weighted by Gasteiger charge is 2.15. The molecule has 1 amide bonds. The SMILES string of the molecule is O=C(N/N=C/c1c(O)n(-c2ccccc2F)c(=S)[nH]c1=O)c1ccccc1. The summed E-state index contributed by atoms with van der Waals surface area (Å²) in [6, 6.07) is 13.9. The van der Waals surface area contributed by atoms with E-state index in [9.17, 15) is 19.1 Å². The van der Waals surface area contributed by atoms with Crippen LogP contribution in [0.1, 0.15) is 15.9 Å². The number of nitrogens with one attached hydrogen (secondary N) is 2. The van der Waals surface area contributed by atoms with E-state index >= 15 is 0 Å². The van der Waals surface area contributed by atoms with Crippen molar-refractivity contribution in [1.82, 2.24) is 15.0 Å². The van der Waals surface area contributed by atoms with E-state index in [1.165, 1.54) is 18.2 Å². The van der Waals surface area contributed by atoms with Crippen molar-refractivity contribution in [3.63, 3.8) is 0 Å². The van der Waals surface area contributed by atoms with Crippen molar-refractivity contribution in [2.75, 3.05) is 0 Å². The second-order valence-electron chi connectivity index (χ2n) is 5.35. The summed E-state index contributed by atoms with van der Waals surface area (Å²) in [5.41, 5.74) is 1.55. The number of hydrogen-bond donors (Lipinski definition) is 3. The molecule has 7 nitrogen and oxygen atoms in total. The molecule has 0 aliphatic heterocycles. The summed E-state index contributed by atoms with van der Waals surface area (Å²) in [5.74, 6) is -1.74. The predicted molar refractivity (Wildman–Crippen MR) is 100 cm³/mol. The van der Waals surface area contributed by atoms with Gasteiger partial charge in [-0.25, -0.2) is 9.82 Å². The van der Waals surface area contributed by atoms with E-state index in [0.717, 1.165) is 10.8 Å². The first-order valence-corrected chi connectivity index (χ1v) is 8.11. The van der Waals surface area contributed by atoms with Crippen LogP contribution in [0, 0.1) is 10.6 Å². The van der Waals surface area contributed by atoms with Crippen molar-refractivity contribution in [3.8, 4) is 11.6 Å². The topological polar surface area (TPSA) is 99.5 Å². The summed E-state index contributed by atoms with van der Waals surface area (Å²) in [5, 5.41) is 14.1. The second-order valence-corrected chi connectivity index (χ2v) is 5.74. The van der Waals surface area contributed by atoms with Crippen molar-refractivity contribution >= 4 is 24.3 Å². The third-order valence-corrected chi connectivity index (χ3v) is 3.89. The van der Waals surface area contributed by atoms with Crippen molar-refractivity contribution in [2.45, 2.75) is 0 Å². The quantitative estimate of drug-likeness (QED) is 0.366. The summed E-state index contributed by atoms with van der Waals surface area (Å²) in [7, 11) is 0. The maximum atomic E-state index is 14.1.